The van der Waals surface area contributed by atoms with E-state index in [2.05, 4.69) is 9.47 Å². The molecule has 16 heavy (non-hydrogen) atoms. The summed E-state index contributed by atoms with van der Waals surface area (Å²) < 4.78 is 66.5. The van der Waals surface area contributed by atoms with Gasteiger partial charge in [0.2, 0.25) is 0 Å². The van der Waals surface area contributed by atoms with Crippen molar-refractivity contribution >= 4 is 11.6 Å². The minimum atomic E-state index is -4.95. The van der Waals surface area contributed by atoms with Gasteiger partial charge in [0.25, 0.3) is 0 Å². The van der Waals surface area contributed by atoms with Crippen molar-refractivity contribution in [2.24, 2.45) is 0 Å². The Bertz CT molecular complexity index is 366. The quantitative estimate of drug-likeness (QED) is 0.771. The zero-order valence-corrected chi connectivity index (χ0v) is 8.15. The van der Waals surface area contributed by atoms with E-state index in [9.17, 15) is 22.0 Å². The molecule has 0 heterocycles. The first-order chi connectivity index (χ1) is 7.28. The van der Waals surface area contributed by atoms with Crippen LogP contribution in [0.4, 0.5) is 22.0 Å². The van der Waals surface area contributed by atoms with Crippen LogP contribution < -0.4 is 9.47 Å². The molecule has 8 heteroatoms. The molecular formula is C8H4ClF5O2. The van der Waals surface area contributed by atoms with Crippen LogP contribution in [0, 0.1) is 0 Å². The van der Waals surface area contributed by atoms with Crippen molar-refractivity contribution in [3.8, 4) is 11.5 Å². The highest BCUT2D eigenvalue weighted by Gasteiger charge is 2.32. The van der Waals surface area contributed by atoms with Crippen LogP contribution in [0.25, 0.3) is 0 Å². The highest BCUT2D eigenvalue weighted by Crippen LogP contribution is 2.33. The number of hydrogen-bond acceptors (Lipinski definition) is 2. The Morgan fingerprint density at radius 1 is 1.19 bits per heavy atom. The molecule has 0 saturated heterocycles. The van der Waals surface area contributed by atoms with E-state index in [0.29, 0.717) is 6.07 Å². The van der Waals surface area contributed by atoms with E-state index in [4.69, 9.17) is 11.6 Å². The largest absolute Gasteiger partial charge is 0.573 e. The predicted octanol–water partition coefficient (Wildman–Crippen LogP) is 3.84. The van der Waals surface area contributed by atoms with Crippen LogP contribution in [0.15, 0.2) is 18.2 Å². The SMILES string of the molecule is FC(F)Oc1ccc(Cl)c(OC(F)(F)F)c1. The summed E-state index contributed by atoms with van der Waals surface area (Å²) in [4.78, 5) is 0. The third-order valence-electron chi connectivity index (χ3n) is 1.35. The molecule has 0 aliphatic carbocycles. The minimum Gasteiger partial charge on any atom is -0.435 e. The van der Waals surface area contributed by atoms with Gasteiger partial charge in [-0.2, -0.15) is 8.78 Å². The average molecular weight is 263 g/mol. The summed E-state index contributed by atoms with van der Waals surface area (Å²) in [5.41, 5.74) is 0. The fraction of sp³-hybridized carbons (Fsp3) is 0.250. The summed E-state index contributed by atoms with van der Waals surface area (Å²) in [6, 6.07) is 2.58. The van der Waals surface area contributed by atoms with Crippen molar-refractivity contribution in [2.75, 3.05) is 0 Å². The summed E-state index contributed by atoms with van der Waals surface area (Å²) in [5, 5.41) is -0.362. The van der Waals surface area contributed by atoms with Gasteiger partial charge in [0.05, 0.1) is 5.02 Å². The molecule has 0 atom stereocenters. The first-order valence-corrected chi connectivity index (χ1v) is 4.16. The number of benzene rings is 1. The van der Waals surface area contributed by atoms with Crippen molar-refractivity contribution in [3.63, 3.8) is 0 Å². The fourth-order valence-corrected chi connectivity index (χ4v) is 1.02. The van der Waals surface area contributed by atoms with Gasteiger partial charge in [-0.3, -0.25) is 0 Å². The Kier molecular flexibility index (Phi) is 3.79. The molecule has 0 N–H and O–H groups in total. The van der Waals surface area contributed by atoms with Crippen LogP contribution in [-0.2, 0) is 0 Å². The van der Waals surface area contributed by atoms with Crippen molar-refractivity contribution in [1.29, 1.82) is 0 Å². The van der Waals surface area contributed by atoms with E-state index in [1.807, 2.05) is 0 Å². The van der Waals surface area contributed by atoms with Crippen LogP contribution in [0.5, 0.6) is 11.5 Å². The molecule has 0 amide bonds. The third-order valence-corrected chi connectivity index (χ3v) is 1.67. The lowest BCUT2D eigenvalue weighted by atomic mass is 10.3. The van der Waals surface area contributed by atoms with Gasteiger partial charge in [0.1, 0.15) is 5.75 Å². The van der Waals surface area contributed by atoms with E-state index < -0.39 is 24.5 Å². The minimum absolute atomic E-state index is 0.362. The highest BCUT2D eigenvalue weighted by molar-refractivity contribution is 6.32. The summed E-state index contributed by atoms with van der Waals surface area (Å²) >= 11 is 5.37. The number of hydrogen-bond donors (Lipinski definition) is 0. The zero-order valence-electron chi connectivity index (χ0n) is 7.39. The monoisotopic (exact) mass is 262 g/mol. The van der Waals surface area contributed by atoms with Crippen LogP contribution >= 0.6 is 11.6 Å². The van der Waals surface area contributed by atoms with Gasteiger partial charge in [-0.1, -0.05) is 11.6 Å². The smallest absolute Gasteiger partial charge is 0.435 e. The molecule has 0 aromatic heterocycles. The molecule has 0 aliphatic rings. The van der Waals surface area contributed by atoms with E-state index in [1.54, 1.807) is 0 Å². The average Bonchev–Trinajstić information content (AvgIpc) is 2.07. The standard InChI is InChI=1S/C8H4ClF5O2/c9-5-2-1-4(15-7(10)11)3-6(5)16-8(12,13)14/h1-3,7H. The number of halogens is 6. The first kappa shape index (κ1) is 12.8. The normalized spacial score (nSPS) is 11.7. The second kappa shape index (κ2) is 4.73. The highest BCUT2D eigenvalue weighted by atomic mass is 35.5. The molecule has 1 aromatic rings. The van der Waals surface area contributed by atoms with Gasteiger partial charge >= 0.3 is 13.0 Å². The second-order valence-electron chi connectivity index (χ2n) is 2.52. The van der Waals surface area contributed by atoms with Gasteiger partial charge in [-0.05, 0) is 12.1 Å². The maximum Gasteiger partial charge on any atom is 0.573 e. The van der Waals surface area contributed by atoms with Crippen LogP contribution in [0.3, 0.4) is 0 Å². The summed E-state index contributed by atoms with van der Waals surface area (Å²) in [6.45, 7) is -3.14. The molecule has 0 fully saturated rings. The number of alkyl halides is 5. The molecule has 0 spiro atoms. The molecule has 0 saturated carbocycles. The molecule has 1 aromatic carbocycles. The topological polar surface area (TPSA) is 18.5 Å². The maximum atomic E-state index is 11.8. The van der Waals surface area contributed by atoms with Crippen LogP contribution in [-0.4, -0.2) is 13.0 Å². The van der Waals surface area contributed by atoms with Crippen molar-refractivity contribution < 1.29 is 31.4 Å². The number of ether oxygens (including phenoxy) is 2. The van der Waals surface area contributed by atoms with Crippen LogP contribution in [0.2, 0.25) is 5.02 Å². The molecule has 90 valence electrons. The van der Waals surface area contributed by atoms with Gasteiger partial charge in [-0.25, -0.2) is 0 Å². The van der Waals surface area contributed by atoms with Gasteiger partial charge < -0.3 is 9.47 Å². The van der Waals surface area contributed by atoms with Crippen molar-refractivity contribution in [3.05, 3.63) is 23.2 Å². The summed E-state index contributed by atoms with van der Waals surface area (Å²) in [6.07, 6.45) is -4.95. The Balaban J connectivity index is 2.90. The zero-order chi connectivity index (χ0) is 12.3. The molecule has 1 rings (SSSR count). The van der Waals surface area contributed by atoms with Gasteiger partial charge in [0, 0.05) is 6.07 Å². The molecule has 2 nitrogen and oxygen atoms in total. The lowest BCUT2D eigenvalue weighted by Crippen LogP contribution is -2.17. The predicted molar refractivity (Wildman–Crippen MR) is 44.8 cm³/mol. The van der Waals surface area contributed by atoms with Gasteiger partial charge in [-0.15, -0.1) is 13.2 Å². The van der Waals surface area contributed by atoms with Crippen molar-refractivity contribution in [1.82, 2.24) is 0 Å². The van der Waals surface area contributed by atoms with Crippen LogP contribution in [0.1, 0.15) is 0 Å². The molecular weight excluding hydrogens is 259 g/mol. The molecule has 0 aliphatic heterocycles. The van der Waals surface area contributed by atoms with Crippen molar-refractivity contribution in [2.45, 2.75) is 13.0 Å². The number of rotatable bonds is 3. The Labute approximate surface area is 91.5 Å². The Hall–Kier alpha value is -1.24. The molecule has 0 bridgehead atoms. The maximum absolute atomic E-state index is 11.8. The lowest BCUT2D eigenvalue weighted by Gasteiger charge is -2.11. The molecule has 0 unspecified atom stereocenters. The van der Waals surface area contributed by atoms with E-state index in [0.717, 1.165) is 12.1 Å². The third kappa shape index (κ3) is 4.09. The first-order valence-electron chi connectivity index (χ1n) is 3.78. The van der Waals surface area contributed by atoms with E-state index in [-0.39, 0.29) is 5.02 Å². The van der Waals surface area contributed by atoms with E-state index >= 15 is 0 Å². The summed E-state index contributed by atoms with van der Waals surface area (Å²) in [7, 11) is 0. The molecule has 0 radical (unpaired) electrons. The van der Waals surface area contributed by atoms with E-state index in [1.165, 1.54) is 0 Å². The lowest BCUT2D eigenvalue weighted by molar-refractivity contribution is -0.274. The Morgan fingerprint density at radius 2 is 1.81 bits per heavy atom. The van der Waals surface area contributed by atoms with Gasteiger partial charge in [0.15, 0.2) is 5.75 Å². The fourth-order valence-electron chi connectivity index (χ4n) is 0.863. The Morgan fingerprint density at radius 3 is 2.31 bits per heavy atom. The second-order valence-corrected chi connectivity index (χ2v) is 2.93. The summed E-state index contributed by atoms with van der Waals surface area (Å²) in [5.74, 6) is -1.27.